The summed E-state index contributed by atoms with van der Waals surface area (Å²) in [6.45, 7) is 6.40. The van der Waals surface area contributed by atoms with Crippen LogP contribution in [0.2, 0.25) is 0 Å². The van der Waals surface area contributed by atoms with Crippen LogP contribution in [-0.2, 0) is 12.8 Å². The zero-order chi connectivity index (χ0) is 23.8. The van der Waals surface area contributed by atoms with E-state index in [1.165, 1.54) is 62.5 Å². The predicted octanol–water partition coefficient (Wildman–Crippen LogP) is 9.18. The highest BCUT2D eigenvalue weighted by molar-refractivity contribution is 5.85. The second kappa shape index (κ2) is 12.2. The van der Waals surface area contributed by atoms with Crippen molar-refractivity contribution < 1.29 is 9.13 Å². The Morgan fingerprint density at radius 2 is 1.74 bits per heavy atom. The highest BCUT2D eigenvalue weighted by Crippen LogP contribution is 2.38. The van der Waals surface area contributed by atoms with E-state index in [9.17, 15) is 0 Å². The first-order valence-corrected chi connectivity index (χ1v) is 13.2. The smallest absolute Gasteiger partial charge is 0.134 e. The molecular weight excluding hydrogens is 419 g/mol. The zero-order valence-electron chi connectivity index (χ0n) is 20.7. The van der Waals surface area contributed by atoms with E-state index < -0.39 is 0 Å². The minimum absolute atomic E-state index is 0.111. The Balaban J connectivity index is 1.32. The maximum Gasteiger partial charge on any atom is 0.134 e. The third-order valence-electron chi connectivity index (χ3n) is 7.57. The molecule has 2 heteroatoms. The number of ether oxygens (including phenoxy) is 1. The normalized spacial score (nSPS) is 18.2. The third-order valence-corrected chi connectivity index (χ3v) is 7.57. The lowest BCUT2D eigenvalue weighted by atomic mass is 9.77. The fourth-order valence-corrected chi connectivity index (χ4v) is 5.46. The summed E-state index contributed by atoms with van der Waals surface area (Å²) in [4.78, 5) is 0. The van der Waals surface area contributed by atoms with Crippen molar-refractivity contribution in [3.05, 3.63) is 89.8 Å². The number of benzene rings is 3. The van der Waals surface area contributed by atoms with Gasteiger partial charge in [0.2, 0.25) is 0 Å². The molecule has 0 saturated heterocycles. The molecule has 0 aromatic heterocycles. The number of aryl methyl sites for hydroxylation is 2. The summed E-state index contributed by atoms with van der Waals surface area (Å²) in [5, 5.41) is 1.52. The Hall–Kier alpha value is -2.61. The summed E-state index contributed by atoms with van der Waals surface area (Å²) < 4.78 is 20.7. The van der Waals surface area contributed by atoms with Gasteiger partial charge in [0.05, 0.1) is 0 Å². The fourth-order valence-electron chi connectivity index (χ4n) is 5.46. The molecule has 0 heterocycles. The largest absolute Gasteiger partial charge is 0.490 e. The van der Waals surface area contributed by atoms with Gasteiger partial charge in [0, 0.05) is 5.39 Å². The molecule has 3 aromatic rings. The van der Waals surface area contributed by atoms with Gasteiger partial charge in [0.15, 0.2) is 0 Å². The van der Waals surface area contributed by atoms with Crippen LogP contribution >= 0.6 is 0 Å². The van der Waals surface area contributed by atoms with Gasteiger partial charge >= 0.3 is 0 Å². The summed E-state index contributed by atoms with van der Waals surface area (Å²) in [7, 11) is 0. The molecule has 1 nitrogen and oxygen atoms in total. The molecule has 0 bridgehead atoms. The van der Waals surface area contributed by atoms with Crippen molar-refractivity contribution in [3.63, 3.8) is 0 Å². The molecule has 34 heavy (non-hydrogen) atoms. The molecule has 0 aliphatic heterocycles. The summed E-state index contributed by atoms with van der Waals surface area (Å²) in [6, 6.07) is 18.6. The maximum atomic E-state index is 15.1. The van der Waals surface area contributed by atoms with E-state index in [1.807, 2.05) is 30.3 Å². The van der Waals surface area contributed by atoms with E-state index in [0.29, 0.717) is 18.4 Å². The molecule has 0 N–H and O–H groups in total. The Bertz CT molecular complexity index is 1060. The lowest BCUT2D eigenvalue weighted by Crippen LogP contribution is -2.13. The molecule has 0 atom stereocenters. The summed E-state index contributed by atoms with van der Waals surface area (Å²) in [5.41, 5.74) is 3.55. The van der Waals surface area contributed by atoms with Gasteiger partial charge in [-0.15, -0.1) is 0 Å². The first-order valence-electron chi connectivity index (χ1n) is 13.2. The van der Waals surface area contributed by atoms with E-state index in [1.54, 1.807) is 6.08 Å². The van der Waals surface area contributed by atoms with E-state index >= 15 is 4.39 Å². The van der Waals surface area contributed by atoms with Crippen LogP contribution in [0.15, 0.2) is 67.3 Å². The summed E-state index contributed by atoms with van der Waals surface area (Å²) in [5.74, 6) is 2.30. The molecule has 1 aliphatic carbocycles. The molecule has 180 valence electrons. The van der Waals surface area contributed by atoms with Gasteiger partial charge in [0.25, 0.3) is 0 Å². The quantitative estimate of drug-likeness (QED) is 0.205. The van der Waals surface area contributed by atoms with E-state index in [4.69, 9.17) is 4.74 Å². The molecular formula is C32H39FO. The van der Waals surface area contributed by atoms with Crippen LogP contribution in [0.4, 0.5) is 4.39 Å². The van der Waals surface area contributed by atoms with Crippen LogP contribution < -0.4 is 4.74 Å². The Kier molecular flexibility index (Phi) is 8.79. The number of unbranched alkanes of at least 4 members (excludes halogenated alkanes) is 2. The highest BCUT2D eigenvalue weighted by Gasteiger charge is 2.22. The fraction of sp³-hybridized carbons (Fsp3) is 0.438. The third kappa shape index (κ3) is 6.29. The summed E-state index contributed by atoms with van der Waals surface area (Å²) >= 11 is 0. The van der Waals surface area contributed by atoms with Gasteiger partial charge < -0.3 is 4.74 Å². The second-order valence-corrected chi connectivity index (χ2v) is 9.98. The molecule has 3 aromatic carbocycles. The van der Waals surface area contributed by atoms with Crippen molar-refractivity contribution >= 4 is 10.8 Å². The summed E-state index contributed by atoms with van der Waals surface area (Å²) in [6.07, 6.45) is 14.2. The van der Waals surface area contributed by atoms with Gasteiger partial charge in [-0.1, -0.05) is 81.7 Å². The van der Waals surface area contributed by atoms with Crippen molar-refractivity contribution in [2.75, 3.05) is 6.61 Å². The van der Waals surface area contributed by atoms with E-state index in [2.05, 4.69) is 37.8 Å². The molecule has 4 rings (SSSR count). The van der Waals surface area contributed by atoms with Gasteiger partial charge in [-0.2, -0.15) is 0 Å². The Morgan fingerprint density at radius 1 is 0.941 bits per heavy atom. The van der Waals surface area contributed by atoms with Crippen LogP contribution in [-0.4, -0.2) is 6.61 Å². The molecule has 0 spiro atoms. The highest BCUT2D eigenvalue weighted by atomic mass is 19.1. The Labute approximate surface area is 205 Å². The van der Waals surface area contributed by atoms with E-state index in [0.717, 1.165) is 35.0 Å². The number of hydrogen-bond acceptors (Lipinski definition) is 1. The predicted molar refractivity (Wildman–Crippen MR) is 142 cm³/mol. The minimum Gasteiger partial charge on any atom is -0.490 e. The van der Waals surface area contributed by atoms with Crippen molar-refractivity contribution in [3.8, 4) is 5.75 Å². The average molecular weight is 459 g/mol. The number of hydrogen-bond donors (Lipinski definition) is 0. The lowest BCUT2D eigenvalue weighted by molar-refractivity contribution is 0.303. The number of halogens is 1. The standard InChI is InChI=1S/C32H39FO/c1-3-5-6-7-24-8-13-26(14-9-24)27-15-10-25(11-16-27)12-17-28-18-19-29-23-30(34-22-4-2)20-21-31(29)32(28)33/h4,10-11,15-16,18-21,23-24,26H,2-3,5-9,12-14,17,22H2,1H3. The Morgan fingerprint density at radius 3 is 2.47 bits per heavy atom. The van der Waals surface area contributed by atoms with Crippen molar-refractivity contribution in [1.82, 2.24) is 0 Å². The monoisotopic (exact) mass is 458 g/mol. The molecule has 1 saturated carbocycles. The molecule has 0 radical (unpaired) electrons. The average Bonchev–Trinajstić information content (AvgIpc) is 2.88. The lowest BCUT2D eigenvalue weighted by Gasteiger charge is -2.29. The maximum absolute atomic E-state index is 15.1. The minimum atomic E-state index is -0.111. The number of rotatable bonds is 11. The van der Waals surface area contributed by atoms with Crippen LogP contribution in [0.5, 0.6) is 5.75 Å². The van der Waals surface area contributed by atoms with Gasteiger partial charge in [0.1, 0.15) is 18.2 Å². The first kappa shape index (κ1) is 24.5. The molecule has 0 unspecified atom stereocenters. The van der Waals surface area contributed by atoms with Crippen molar-refractivity contribution in [1.29, 1.82) is 0 Å². The van der Waals surface area contributed by atoms with Crippen molar-refractivity contribution in [2.24, 2.45) is 5.92 Å². The molecule has 1 fully saturated rings. The van der Waals surface area contributed by atoms with E-state index in [-0.39, 0.29) is 5.82 Å². The SMILES string of the molecule is C=CCOc1ccc2c(F)c(CCc3ccc(C4CCC(CCCCC)CC4)cc3)ccc2c1. The van der Waals surface area contributed by atoms with Crippen LogP contribution in [0.1, 0.15) is 80.9 Å². The molecule has 0 amide bonds. The number of fused-ring (bicyclic) bond motifs is 1. The van der Waals surface area contributed by atoms with Crippen molar-refractivity contribution in [2.45, 2.75) is 77.0 Å². The first-order chi connectivity index (χ1) is 16.7. The second-order valence-electron chi connectivity index (χ2n) is 9.98. The van der Waals surface area contributed by atoms with Gasteiger partial charge in [-0.3, -0.25) is 0 Å². The van der Waals surface area contributed by atoms with Gasteiger partial charge in [-0.05, 0) is 90.6 Å². The van der Waals surface area contributed by atoms with Gasteiger partial charge in [-0.25, -0.2) is 4.39 Å². The molecule has 1 aliphatic rings. The van der Waals surface area contributed by atoms with Crippen LogP contribution in [0.3, 0.4) is 0 Å². The van der Waals surface area contributed by atoms with Crippen LogP contribution in [0, 0.1) is 11.7 Å². The zero-order valence-corrected chi connectivity index (χ0v) is 20.7. The van der Waals surface area contributed by atoms with Crippen LogP contribution in [0.25, 0.3) is 10.8 Å². The topological polar surface area (TPSA) is 9.23 Å².